The molecule has 6 nitrogen and oxygen atoms in total. The van der Waals surface area contributed by atoms with E-state index in [1.54, 1.807) is 30.5 Å². The van der Waals surface area contributed by atoms with Gasteiger partial charge in [0.2, 0.25) is 5.78 Å². The second-order valence-corrected chi connectivity index (χ2v) is 7.30. The molecule has 0 saturated carbocycles. The Morgan fingerprint density at radius 2 is 1.93 bits per heavy atom. The minimum atomic E-state index is -0.641. The number of hydrogen-bond donors (Lipinski definition) is 1. The number of nitrogens with one attached hydrogen (secondary N) is 1. The predicted molar refractivity (Wildman–Crippen MR) is 109 cm³/mol. The summed E-state index contributed by atoms with van der Waals surface area (Å²) in [6, 6.07) is 13.7. The fourth-order valence-corrected chi connectivity index (χ4v) is 3.32. The van der Waals surface area contributed by atoms with Crippen LogP contribution >= 0.6 is 22.9 Å². The van der Waals surface area contributed by atoms with Crippen LogP contribution < -0.4 is 10.1 Å². The van der Waals surface area contributed by atoms with Crippen LogP contribution in [0, 0.1) is 0 Å². The Bertz CT molecular complexity index is 972. The predicted octanol–water partition coefficient (Wildman–Crippen LogP) is 4.98. The molecule has 1 N–H and O–H groups in total. The van der Waals surface area contributed by atoms with Crippen molar-refractivity contribution in [1.29, 1.82) is 0 Å². The van der Waals surface area contributed by atoms with Gasteiger partial charge >= 0.3 is 5.97 Å². The second-order valence-electron chi connectivity index (χ2n) is 5.59. The number of pyridine rings is 1. The molecule has 0 spiro atoms. The van der Waals surface area contributed by atoms with Gasteiger partial charge in [-0.05, 0) is 55.5 Å². The van der Waals surface area contributed by atoms with Gasteiger partial charge in [-0.3, -0.25) is 4.79 Å². The molecule has 2 heterocycles. The first-order valence-electron chi connectivity index (χ1n) is 8.47. The molecule has 0 radical (unpaired) electrons. The van der Waals surface area contributed by atoms with Gasteiger partial charge in [-0.2, -0.15) is 0 Å². The summed E-state index contributed by atoms with van der Waals surface area (Å²) < 4.78 is 11.1. The van der Waals surface area contributed by atoms with Gasteiger partial charge in [0.1, 0.15) is 17.1 Å². The Balaban J connectivity index is 1.67. The molecule has 0 atom stereocenters. The first-order chi connectivity index (χ1) is 13.6. The number of benzene rings is 1. The van der Waals surface area contributed by atoms with E-state index in [4.69, 9.17) is 21.1 Å². The van der Waals surface area contributed by atoms with Crippen molar-refractivity contribution < 1.29 is 19.1 Å². The smallest absolute Gasteiger partial charge is 0.342 e. The van der Waals surface area contributed by atoms with Crippen molar-refractivity contribution in [3.8, 4) is 5.75 Å². The molecule has 0 saturated heterocycles. The summed E-state index contributed by atoms with van der Waals surface area (Å²) >= 11 is 6.96. The molecule has 28 heavy (non-hydrogen) atoms. The normalized spacial score (nSPS) is 10.4. The number of ether oxygens (including phenoxy) is 2. The fraction of sp³-hybridized carbons (Fsp3) is 0.150. The number of ketones is 1. The van der Waals surface area contributed by atoms with E-state index < -0.39 is 5.97 Å². The zero-order valence-electron chi connectivity index (χ0n) is 15.0. The molecule has 1 aromatic carbocycles. The van der Waals surface area contributed by atoms with Crippen LogP contribution in [0.15, 0.2) is 54.7 Å². The molecule has 3 rings (SSSR count). The van der Waals surface area contributed by atoms with Crippen LogP contribution in [-0.2, 0) is 4.74 Å². The Morgan fingerprint density at radius 1 is 1.14 bits per heavy atom. The molecule has 2 aromatic heterocycles. The van der Waals surface area contributed by atoms with Gasteiger partial charge in [-0.25, -0.2) is 9.78 Å². The lowest BCUT2D eigenvalue weighted by Crippen LogP contribution is -2.15. The Morgan fingerprint density at radius 3 is 2.61 bits per heavy atom. The number of esters is 1. The maximum Gasteiger partial charge on any atom is 0.342 e. The highest BCUT2D eigenvalue weighted by molar-refractivity contribution is 7.18. The molecule has 0 fully saturated rings. The zero-order valence-corrected chi connectivity index (χ0v) is 16.5. The zero-order chi connectivity index (χ0) is 19.9. The molecular formula is C20H17ClN2O4S. The van der Waals surface area contributed by atoms with Crippen molar-refractivity contribution in [2.45, 2.75) is 6.92 Å². The summed E-state index contributed by atoms with van der Waals surface area (Å²) in [5.74, 6) is 0.136. The van der Waals surface area contributed by atoms with Crippen LogP contribution in [-0.4, -0.2) is 30.0 Å². The number of anilines is 2. The summed E-state index contributed by atoms with van der Waals surface area (Å²) in [5.41, 5.74) is 0.967. The average molecular weight is 417 g/mol. The maximum absolute atomic E-state index is 12.4. The van der Waals surface area contributed by atoms with Crippen LogP contribution in [0.4, 0.5) is 11.5 Å². The van der Waals surface area contributed by atoms with Crippen LogP contribution in [0.5, 0.6) is 5.75 Å². The third kappa shape index (κ3) is 5.09. The lowest BCUT2D eigenvalue weighted by molar-refractivity contribution is 0.0476. The van der Waals surface area contributed by atoms with Crippen LogP contribution in [0.1, 0.15) is 27.0 Å². The molecule has 0 unspecified atom stereocenters. The van der Waals surface area contributed by atoms with Gasteiger partial charge in [-0.1, -0.05) is 11.6 Å². The van der Waals surface area contributed by atoms with Crippen LogP contribution in [0.3, 0.4) is 0 Å². The van der Waals surface area contributed by atoms with Crippen LogP contribution in [0.25, 0.3) is 0 Å². The average Bonchev–Trinajstić information content (AvgIpc) is 3.14. The van der Waals surface area contributed by atoms with Gasteiger partial charge in [-0.15, -0.1) is 11.3 Å². The SMILES string of the molecule is CCOc1ccc(Nc2ncccc2C(=O)OCC(=O)c2ccc(Cl)s2)cc1. The molecule has 3 aromatic rings. The van der Waals surface area contributed by atoms with E-state index in [1.807, 2.05) is 31.2 Å². The minimum Gasteiger partial charge on any atom is -0.494 e. The summed E-state index contributed by atoms with van der Waals surface area (Å²) in [5, 5.41) is 3.08. The fourth-order valence-electron chi connectivity index (χ4n) is 2.35. The number of rotatable bonds is 8. The highest BCUT2D eigenvalue weighted by Crippen LogP contribution is 2.23. The van der Waals surface area contributed by atoms with E-state index in [0.29, 0.717) is 21.6 Å². The number of thiophene rings is 1. The van der Waals surface area contributed by atoms with Gasteiger partial charge in [0.15, 0.2) is 6.61 Å². The van der Waals surface area contributed by atoms with E-state index in [9.17, 15) is 9.59 Å². The van der Waals surface area contributed by atoms with Crippen molar-refractivity contribution in [3.63, 3.8) is 0 Å². The van der Waals surface area contributed by atoms with E-state index in [2.05, 4.69) is 10.3 Å². The largest absolute Gasteiger partial charge is 0.494 e. The Kier molecular flexibility index (Phi) is 6.62. The molecular weight excluding hydrogens is 400 g/mol. The third-order valence-corrected chi connectivity index (χ3v) is 4.91. The highest BCUT2D eigenvalue weighted by Gasteiger charge is 2.17. The van der Waals surface area contributed by atoms with Gasteiger partial charge < -0.3 is 14.8 Å². The minimum absolute atomic E-state index is 0.230. The molecule has 0 bridgehead atoms. The summed E-state index contributed by atoms with van der Waals surface area (Å²) in [7, 11) is 0. The number of nitrogens with zero attached hydrogens (tertiary/aromatic N) is 1. The summed E-state index contributed by atoms with van der Waals surface area (Å²) in [4.78, 5) is 29.2. The molecule has 144 valence electrons. The second kappa shape index (κ2) is 9.34. The molecule has 8 heteroatoms. The van der Waals surface area contributed by atoms with Gasteiger partial charge in [0, 0.05) is 11.9 Å². The topological polar surface area (TPSA) is 77.5 Å². The monoisotopic (exact) mass is 416 g/mol. The van der Waals surface area contributed by atoms with Gasteiger partial charge in [0.05, 0.1) is 15.8 Å². The Labute approximate surface area is 171 Å². The number of halogens is 1. The molecule has 0 aliphatic carbocycles. The molecule has 0 amide bonds. The van der Waals surface area contributed by atoms with E-state index >= 15 is 0 Å². The number of Topliss-reactive ketones (excluding diaryl/α,β-unsaturated/α-hetero) is 1. The molecule has 0 aliphatic rings. The number of carbonyl (C=O) groups is 2. The van der Waals surface area contributed by atoms with Crippen molar-refractivity contribution in [2.75, 3.05) is 18.5 Å². The van der Waals surface area contributed by atoms with E-state index in [0.717, 1.165) is 22.8 Å². The number of hydrogen-bond acceptors (Lipinski definition) is 7. The van der Waals surface area contributed by atoms with E-state index in [-0.39, 0.29) is 18.0 Å². The first kappa shape index (κ1) is 19.9. The third-order valence-electron chi connectivity index (χ3n) is 3.64. The van der Waals surface area contributed by atoms with Crippen LogP contribution in [0.2, 0.25) is 4.34 Å². The van der Waals surface area contributed by atoms with Crippen molar-refractivity contribution in [1.82, 2.24) is 4.98 Å². The summed E-state index contributed by atoms with van der Waals surface area (Å²) in [6.07, 6.45) is 1.56. The van der Waals surface area contributed by atoms with Crippen molar-refractivity contribution in [2.24, 2.45) is 0 Å². The lowest BCUT2D eigenvalue weighted by atomic mass is 10.2. The molecule has 0 aliphatic heterocycles. The standard InChI is InChI=1S/C20H17ClN2O4S/c1-2-26-14-7-5-13(6-8-14)23-19-15(4-3-11-22-19)20(25)27-12-16(24)17-9-10-18(21)28-17/h3-11H,2,12H2,1H3,(H,22,23). The van der Waals surface area contributed by atoms with Crippen molar-refractivity contribution >= 4 is 46.2 Å². The lowest BCUT2D eigenvalue weighted by Gasteiger charge is -2.11. The quantitative estimate of drug-likeness (QED) is 0.412. The maximum atomic E-state index is 12.4. The number of carbonyl (C=O) groups excluding carboxylic acids is 2. The Hall–Kier alpha value is -2.90. The first-order valence-corrected chi connectivity index (χ1v) is 9.67. The van der Waals surface area contributed by atoms with Crippen molar-refractivity contribution in [3.05, 3.63) is 69.5 Å². The highest BCUT2D eigenvalue weighted by atomic mass is 35.5. The summed E-state index contributed by atoms with van der Waals surface area (Å²) in [6.45, 7) is 2.13. The van der Waals surface area contributed by atoms with Gasteiger partial charge in [0.25, 0.3) is 0 Å². The number of aromatic nitrogens is 1. The van der Waals surface area contributed by atoms with E-state index in [1.165, 1.54) is 0 Å².